The second kappa shape index (κ2) is 9.20. The molecule has 0 aliphatic carbocycles. The molecule has 0 bridgehead atoms. The van der Waals surface area contributed by atoms with Crippen molar-refractivity contribution in [1.82, 2.24) is 15.4 Å². The Morgan fingerprint density at radius 1 is 0.970 bits per heavy atom. The quantitative estimate of drug-likeness (QED) is 0.590. The Bertz CT molecular complexity index is 1200. The highest BCUT2D eigenvalue weighted by Crippen LogP contribution is 2.28. The number of methoxy groups -OCH3 is 1. The maximum absolute atomic E-state index is 12.8. The molecule has 3 amide bonds. The van der Waals surface area contributed by atoms with Crippen LogP contribution >= 0.6 is 0 Å². The fourth-order valence-corrected chi connectivity index (χ4v) is 4.17. The highest BCUT2D eigenvalue weighted by molar-refractivity contribution is 6.01. The highest BCUT2D eigenvalue weighted by atomic mass is 16.5. The predicted molar refractivity (Wildman–Crippen MR) is 124 cm³/mol. The number of para-hydroxylation sites is 1. The van der Waals surface area contributed by atoms with E-state index in [1.807, 2.05) is 48.7 Å². The van der Waals surface area contributed by atoms with Crippen molar-refractivity contribution in [1.29, 1.82) is 0 Å². The third-order valence-electron chi connectivity index (χ3n) is 5.85. The number of hydrogen-bond donors (Lipinski definition) is 2. The van der Waals surface area contributed by atoms with Crippen molar-refractivity contribution in [2.24, 2.45) is 5.92 Å². The number of carbonyl (C=O) groups excluding carboxylic acids is 3. The Labute approximate surface area is 192 Å². The van der Waals surface area contributed by atoms with Crippen molar-refractivity contribution in [2.75, 3.05) is 18.6 Å². The van der Waals surface area contributed by atoms with Crippen molar-refractivity contribution < 1.29 is 19.1 Å². The molecule has 1 fully saturated rings. The average Bonchev–Trinajstić information content (AvgIpc) is 3.36. The molecule has 2 heterocycles. The van der Waals surface area contributed by atoms with Crippen LogP contribution in [0.2, 0.25) is 0 Å². The molecule has 8 nitrogen and oxygen atoms in total. The highest BCUT2D eigenvalue weighted by Gasteiger charge is 2.35. The van der Waals surface area contributed by atoms with E-state index in [9.17, 15) is 14.4 Å². The van der Waals surface area contributed by atoms with Gasteiger partial charge >= 0.3 is 0 Å². The number of benzene rings is 2. The Hall–Kier alpha value is -4.07. The summed E-state index contributed by atoms with van der Waals surface area (Å²) in [5, 5.41) is 0. The molecule has 1 unspecified atom stereocenters. The van der Waals surface area contributed by atoms with Gasteiger partial charge in [-0.2, -0.15) is 0 Å². The topological polar surface area (TPSA) is 92.7 Å². The van der Waals surface area contributed by atoms with Crippen molar-refractivity contribution in [3.05, 3.63) is 77.6 Å². The third kappa shape index (κ3) is 4.45. The molecule has 0 saturated carbocycles. The minimum Gasteiger partial charge on any atom is -0.497 e. The first-order valence-electron chi connectivity index (χ1n) is 10.7. The van der Waals surface area contributed by atoms with Gasteiger partial charge in [0.15, 0.2) is 0 Å². The number of amides is 3. The van der Waals surface area contributed by atoms with Crippen LogP contribution in [-0.2, 0) is 9.59 Å². The van der Waals surface area contributed by atoms with Gasteiger partial charge in [0.05, 0.1) is 18.6 Å². The molecule has 2 aromatic carbocycles. The van der Waals surface area contributed by atoms with E-state index < -0.39 is 17.7 Å². The first-order chi connectivity index (χ1) is 15.9. The summed E-state index contributed by atoms with van der Waals surface area (Å²) < 4.78 is 7.20. The van der Waals surface area contributed by atoms with E-state index in [1.165, 1.54) is 0 Å². The van der Waals surface area contributed by atoms with Crippen LogP contribution < -0.4 is 20.5 Å². The van der Waals surface area contributed by atoms with Crippen molar-refractivity contribution >= 4 is 23.4 Å². The predicted octanol–water partition coefficient (Wildman–Crippen LogP) is 2.92. The Kier molecular flexibility index (Phi) is 6.17. The summed E-state index contributed by atoms with van der Waals surface area (Å²) in [5.41, 5.74) is 8.75. The molecule has 3 aromatic rings. The number of aryl methyl sites for hydroxylation is 1. The molecule has 8 heteroatoms. The number of anilines is 1. The van der Waals surface area contributed by atoms with Gasteiger partial charge in [0.1, 0.15) is 5.75 Å². The lowest BCUT2D eigenvalue weighted by molar-refractivity contribution is -0.126. The summed E-state index contributed by atoms with van der Waals surface area (Å²) in [4.78, 5) is 39.5. The summed E-state index contributed by atoms with van der Waals surface area (Å²) in [6.07, 6.45) is 0.0709. The number of hydrogen-bond acceptors (Lipinski definition) is 4. The van der Waals surface area contributed by atoms with Gasteiger partial charge in [0.2, 0.25) is 11.8 Å². The van der Waals surface area contributed by atoms with Crippen LogP contribution in [0.5, 0.6) is 5.75 Å². The maximum atomic E-state index is 12.8. The lowest BCUT2D eigenvalue weighted by atomic mass is 10.1. The number of nitrogens with zero attached hydrogens (tertiary/aromatic N) is 2. The minimum absolute atomic E-state index is 0.0709. The van der Waals surface area contributed by atoms with Crippen molar-refractivity contribution in [3.8, 4) is 11.4 Å². The zero-order chi connectivity index (χ0) is 23.5. The number of nitrogens with one attached hydrogen (secondary N) is 2. The Balaban J connectivity index is 1.40. The van der Waals surface area contributed by atoms with Gasteiger partial charge in [-0.15, -0.1) is 0 Å². The first-order valence-corrected chi connectivity index (χ1v) is 10.7. The average molecular weight is 447 g/mol. The molecule has 33 heavy (non-hydrogen) atoms. The number of rotatable bonds is 5. The van der Waals surface area contributed by atoms with Crippen molar-refractivity contribution in [3.63, 3.8) is 0 Å². The molecule has 170 valence electrons. The van der Waals surface area contributed by atoms with E-state index in [4.69, 9.17) is 4.74 Å². The van der Waals surface area contributed by atoms with Crippen LogP contribution in [0.15, 0.2) is 60.7 Å². The molecule has 2 N–H and O–H groups in total. The van der Waals surface area contributed by atoms with E-state index in [0.29, 0.717) is 17.0 Å². The normalized spacial score (nSPS) is 15.4. The standard InChI is InChI=1S/C25H26N4O4/c1-16-12-22(17(2)29(16)19-8-5-4-6-9-19)25(32)27-26-24(31)18-13-23(30)28(15-18)20-10-7-11-21(14-20)33-3/h4-12,14,18H,13,15H2,1-3H3,(H,26,31)(H,27,32). The van der Waals surface area contributed by atoms with Gasteiger partial charge in [0, 0.05) is 41.8 Å². The fourth-order valence-electron chi connectivity index (χ4n) is 4.17. The number of hydrazine groups is 1. The maximum Gasteiger partial charge on any atom is 0.271 e. The molecule has 0 radical (unpaired) electrons. The molecular weight excluding hydrogens is 420 g/mol. The van der Waals surface area contributed by atoms with Crippen LogP contribution in [0.1, 0.15) is 28.2 Å². The second-order valence-electron chi connectivity index (χ2n) is 8.01. The number of carbonyl (C=O) groups is 3. The zero-order valence-corrected chi connectivity index (χ0v) is 18.8. The molecule has 1 atom stereocenters. The lowest BCUT2D eigenvalue weighted by Gasteiger charge is -2.17. The van der Waals surface area contributed by atoms with Crippen LogP contribution in [-0.4, -0.2) is 35.9 Å². The van der Waals surface area contributed by atoms with Gasteiger partial charge in [-0.25, -0.2) is 0 Å². The fraction of sp³-hybridized carbons (Fsp3) is 0.240. The summed E-state index contributed by atoms with van der Waals surface area (Å²) >= 11 is 0. The first kappa shape index (κ1) is 22.1. The molecule has 1 aromatic heterocycles. The summed E-state index contributed by atoms with van der Waals surface area (Å²) in [7, 11) is 1.56. The molecule has 1 aliphatic rings. The van der Waals surface area contributed by atoms with E-state index in [0.717, 1.165) is 17.1 Å². The molecular formula is C25H26N4O4. The molecule has 4 rings (SSSR count). The van der Waals surface area contributed by atoms with E-state index >= 15 is 0 Å². The van der Waals surface area contributed by atoms with Crippen LogP contribution in [0.25, 0.3) is 5.69 Å². The van der Waals surface area contributed by atoms with Gasteiger partial charge < -0.3 is 14.2 Å². The number of ether oxygens (including phenoxy) is 1. The van der Waals surface area contributed by atoms with Gasteiger partial charge in [-0.1, -0.05) is 24.3 Å². The van der Waals surface area contributed by atoms with E-state index in [2.05, 4.69) is 10.9 Å². The van der Waals surface area contributed by atoms with Gasteiger partial charge in [-0.3, -0.25) is 25.2 Å². The van der Waals surface area contributed by atoms with Crippen LogP contribution in [0.4, 0.5) is 5.69 Å². The monoisotopic (exact) mass is 446 g/mol. The Morgan fingerprint density at radius 3 is 2.42 bits per heavy atom. The summed E-state index contributed by atoms with van der Waals surface area (Å²) in [6.45, 7) is 4.02. The zero-order valence-electron chi connectivity index (χ0n) is 18.8. The number of aromatic nitrogens is 1. The summed E-state index contributed by atoms with van der Waals surface area (Å²) in [5.74, 6) is -0.901. The third-order valence-corrected chi connectivity index (χ3v) is 5.85. The van der Waals surface area contributed by atoms with Gasteiger partial charge in [-0.05, 0) is 44.2 Å². The smallest absolute Gasteiger partial charge is 0.271 e. The largest absolute Gasteiger partial charge is 0.497 e. The second-order valence-corrected chi connectivity index (χ2v) is 8.01. The van der Waals surface area contributed by atoms with Crippen LogP contribution in [0.3, 0.4) is 0 Å². The Morgan fingerprint density at radius 2 is 1.70 bits per heavy atom. The molecule has 1 saturated heterocycles. The SMILES string of the molecule is COc1cccc(N2CC(C(=O)NNC(=O)c3cc(C)n(-c4ccccc4)c3C)CC2=O)c1. The van der Waals surface area contributed by atoms with Crippen molar-refractivity contribution in [2.45, 2.75) is 20.3 Å². The van der Waals surface area contributed by atoms with E-state index in [-0.39, 0.29) is 18.9 Å². The molecule has 0 spiro atoms. The summed E-state index contributed by atoms with van der Waals surface area (Å²) in [6, 6.07) is 18.7. The van der Waals surface area contributed by atoms with Crippen LogP contribution in [0, 0.1) is 19.8 Å². The van der Waals surface area contributed by atoms with E-state index in [1.54, 1.807) is 42.3 Å². The lowest BCUT2D eigenvalue weighted by Crippen LogP contribution is -2.45. The van der Waals surface area contributed by atoms with Gasteiger partial charge in [0.25, 0.3) is 5.91 Å². The minimum atomic E-state index is -0.569. The molecule has 1 aliphatic heterocycles.